The van der Waals surface area contributed by atoms with Crippen LogP contribution in [0.4, 0.5) is 0 Å². The van der Waals surface area contributed by atoms with E-state index in [0.29, 0.717) is 0 Å². The minimum Gasteiger partial charge on any atom is -0.311 e. The first-order chi connectivity index (χ1) is 7.61. The standard InChI is InChI=1S/C10H14N4OS/c1-7-4-3-5-8(12-7)6-9(15)13-10(16)14-11-2/h3-5,11H,6H2,1-2H3,(H2,13,14,15,16). The number of rotatable bonds is 3. The van der Waals surface area contributed by atoms with Crippen molar-refractivity contribution < 1.29 is 4.79 Å². The Hall–Kier alpha value is -1.56. The van der Waals surface area contributed by atoms with Crippen molar-refractivity contribution in [2.75, 3.05) is 7.05 Å². The third-order valence-electron chi connectivity index (χ3n) is 1.76. The van der Waals surface area contributed by atoms with E-state index in [2.05, 4.69) is 33.5 Å². The van der Waals surface area contributed by atoms with Gasteiger partial charge in [-0.2, -0.15) is 5.10 Å². The number of hydrogen-bond donors (Lipinski definition) is 3. The van der Waals surface area contributed by atoms with Gasteiger partial charge in [0.05, 0.1) is 6.42 Å². The smallest absolute Gasteiger partial charge is 0.231 e. The van der Waals surface area contributed by atoms with Crippen LogP contribution in [0.3, 0.4) is 0 Å². The number of hydrogen-bond acceptors (Lipinski definition) is 4. The van der Waals surface area contributed by atoms with Crippen molar-refractivity contribution in [3.63, 3.8) is 0 Å². The van der Waals surface area contributed by atoms with Gasteiger partial charge >= 0.3 is 0 Å². The molecule has 0 radical (unpaired) electrons. The van der Waals surface area contributed by atoms with Gasteiger partial charge in [-0.1, -0.05) is 6.07 Å². The Balaban J connectivity index is 2.55. The molecule has 0 spiro atoms. The van der Waals surface area contributed by atoms with Gasteiger partial charge in [-0.3, -0.25) is 9.78 Å². The summed E-state index contributed by atoms with van der Waals surface area (Å²) in [5.74, 6) is -0.192. The van der Waals surface area contributed by atoms with Crippen LogP contribution < -0.4 is 10.7 Å². The molecule has 0 aliphatic rings. The first kappa shape index (κ1) is 12.5. The normalized spacial score (nSPS) is 11.1. The molecule has 16 heavy (non-hydrogen) atoms. The van der Waals surface area contributed by atoms with Crippen LogP contribution in [0.15, 0.2) is 23.3 Å². The number of aromatic nitrogens is 1. The number of aryl methyl sites for hydroxylation is 1. The van der Waals surface area contributed by atoms with E-state index in [9.17, 15) is 4.79 Å². The number of nitrogens with zero attached hydrogens (tertiary/aromatic N) is 2. The molecule has 0 aromatic carbocycles. The molecule has 0 bridgehead atoms. The van der Waals surface area contributed by atoms with Crippen LogP contribution in [0, 0.1) is 6.92 Å². The van der Waals surface area contributed by atoms with E-state index in [1.165, 1.54) is 0 Å². The van der Waals surface area contributed by atoms with Crippen molar-refractivity contribution in [1.82, 2.24) is 15.7 Å². The molecule has 1 amide bonds. The molecule has 2 N–H and O–H groups in total. The maximum atomic E-state index is 11.5. The highest BCUT2D eigenvalue weighted by atomic mass is 32.1. The number of hydrazone groups is 1. The van der Waals surface area contributed by atoms with Gasteiger partial charge in [0.1, 0.15) is 0 Å². The van der Waals surface area contributed by atoms with E-state index in [1.54, 1.807) is 13.1 Å². The minimum atomic E-state index is -0.192. The number of carbonyl (C=O) groups is 1. The van der Waals surface area contributed by atoms with Crippen LogP contribution in [0.2, 0.25) is 0 Å². The van der Waals surface area contributed by atoms with E-state index in [1.807, 2.05) is 19.1 Å². The van der Waals surface area contributed by atoms with Gasteiger partial charge in [0.15, 0.2) is 5.17 Å². The third-order valence-corrected chi connectivity index (χ3v) is 1.97. The van der Waals surface area contributed by atoms with Crippen LogP contribution in [0.1, 0.15) is 11.4 Å². The SMILES string of the molecule is CN/N=C(\S)NC(=O)Cc1cccc(C)n1. The summed E-state index contributed by atoms with van der Waals surface area (Å²) in [6.45, 7) is 1.88. The highest BCUT2D eigenvalue weighted by Gasteiger charge is 2.05. The Morgan fingerprint density at radius 3 is 2.94 bits per heavy atom. The summed E-state index contributed by atoms with van der Waals surface area (Å²) in [5, 5.41) is 6.46. The summed E-state index contributed by atoms with van der Waals surface area (Å²) >= 11 is 3.97. The highest BCUT2D eigenvalue weighted by molar-refractivity contribution is 7.96. The van der Waals surface area contributed by atoms with E-state index in [4.69, 9.17) is 0 Å². The fourth-order valence-corrected chi connectivity index (χ4v) is 1.39. The first-order valence-corrected chi connectivity index (χ1v) is 5.22. The lowest BCUT2D eigenvalue weighted by atomic mass is 10.2. The maximum Gasteiger partial charge on any atom is 0.231 e. The van der Waals surface area contributed by atoms with Gasteiger partial charge in [0, 0.05) is 18.4 Å². The molecule has 1 heterocycles. The van der Waals surface area contributed by atoms with Gasteiger partial charge in [0.25, 0.3) is 0 Å². The van der Waals surface area contributed by atoms with Gasteiger partial charge in [-0.15, -0.1) is 12.6 Å². The third kappa shape index (κ3) is 4.31. The topological polar surface area (TPSA) is 66.4 Å². The molecule has 86 valence electrons. The zero-order valence-electron chi connectivity index (χ0n) is 9.19. The van der Waals surface area contributed by atoms with Crippen molar-refractivity contribution in [3.05, 3.63) is 29.6 Å². The molecular weight excluding hydrogens is 224 g/mol. The molecule has 1 rings (SSSR count). The van der Waals surface area contributed by atoms with E-state index in [-0.39, 0.29) is 17.5 Å². The molecule has 0 aliphatic carbocycles. The van der Waals surface area contributed by atoms with Crippen molar-refractivity contribution in [3.8, 4) is 0 Å². The van der Waals surface area contributed by atoms with Gasteiger partial charge in [0.2, 0.25) is 5.91 Å². The molecule has 0 unspecified atom stereocenters. The quantitative estimate of drug-likeness (QED) is 0.310. The second kappa shape index (κ2) is 6.12. The van der Waals surface area contributed by atoms with E-state index < -0.39 is 0 Å². The van der Waals surface area contributed by atoms with Crippen LogP contribution in [-0.2, 0) is 11.2 Å². The number of thiol groups is 1. The summed E-state index contributed by atoms with van der Waals surface area (Å²) in [6, 6.07) is 5.56. The molecule has 0 saturated heterocycles. The average Bonchev–Trinajstić information content (AvgIpc) is 2.17. The molecule has 0 fully saturated rings. The fraction of sp³-hybridized carbons (Fsp3) is 0.300. The summed E-state index contributed by atoms with van der Waals surface area (Å²) in [5.41, 5.74) is 4.14. The lowest BCUT2D eigenvalue weighted by Crippen LogP contribution is -2.29. The van der Waals surface area contributed by atoms with Crippen molar-refractivity contribution in [1.29, 1.82) is 0 Å². The molecule has 5 nitrogen and oxygen atoms in total. The summed E-state index contributed by atoms with van der Waals surface area (Å²) < 4.78 is 0. The summed E-state index contributed by atoms with van der Waals surface area (Å²) in [7, 11) is 1.63. The largest absolute Gasteiger partial charge is 0.311 e. The second-order valence-corrected chi connectivity index (χ2v) is 3.58. The summed E-state index contributed by atoms with van der Waals surface area (Å²) in [4.78, 5) is 15.7. The van der Waals surface area contributed by atoms with Crippen LogP contribution in [-0.4, -0.2) is 23.1 Å². The lowest BCUT2D eigenvalue weighted by molar-refractivity contribution is -0.119. The Bertz CT molecular complexity index is 406. The number of amidine groups is 1. The van der Waals surface area contributed by atoms with E-state index >= 15 is 0 Å². The van der Waals surface area contributed by atoms with Crippen molar-refractivity contribution >= 4 is 23.7 Å². The Labute approximate surface area is 99.8 Å². The number of nitrogens with one attached hydrogen (secondary N) is 2. The van der Waals surface area contributed by atoms with Crippen molar-refractivity contribution in [2.24, 2.45) is 5.10 Å². The average molecular weight is 238 g/mol. The molecule has 1 aromatic rings. The number of pyridine rings is 1. The van der Waals surface area contributed by atoms with Crippen LogP contribution in [0.25, 0.3) is 0 Å². The predicted molar refractivity (Wildman–Crippen MR) is 66.3 cm³/mol. The van der Waals surface area contributed by atoms with E-state index in [0.717, 1.165) is 11.4 Å². The Morgan fingerprint density at radius 2 is 2.31 bits per heavy atom. The minimum absolute atomic E-state index is 0.192. The molecule has 6 heteroatoms. The lowest BCUT2D eigenvalue weighted by Gasteiger charge is -2.03. The summed E-state index contributed by atoms with van der Waals surface area (Å²) in [6.07, 6.45) is 0.213. The predicted octanol–water partition coefficient (Wildman–Crippen LogP) is 0.469. The fourth-order valence-electron chi connectivity index (χ4n) is 1.17. The Morgan fingerprint density at radius 1 is 1.56 bits per heavy atom. The van der Waals surface area contributed by atoms with Crippen molar-refractivity contribution in [2.45, 2.75) is 13.3 Å². The monoisotopic (exact) mass is 238 g/mol. The van der Waals surface area contributed by atoms with Crippen LogP contribution in [0.5, 0.6) is 0 Å². The number of amides is 1. The Kier molecular flexibility index (Phi) is 4.78. The van der Waals surface area contributed by atoms with Gasteiger partial charge in [-0.25, -0.2) is 0 Å². The van der Waals surface area contributed by atoms with Gasteiger partial charge in [-0.05, 0) is 19.1 Å². The number of carbonyl (C=O) groups excluding carboxylic acids is 1. The molecule has 0 aliphatic heterocycles. The second-order valence-electron chi connectivity index (χ2n) is 3.15. The zero-order chi connectivity index (χ0) is 12.0. The van der Waals surface area contributed by atoms with Crippen LogP contribution >= 0.6 is 12.6 Å². The molecule has 0 atom stereocenters. The highest BCUT2D eigenvalue weighted by Crippen LogP contribution is 1.99. The van der Waals surface area contributed by atoms with Gasteiger partial charge < -0.3 is 10.7 Å². The first-order valence-electron chi connectivity index (χ1n) is 4.77. The molecule has 0 saturated carbocycles. The maximum absolute atomic E-state index is 11.5. The molecule has 1 aromatic heterocycles. The molecular formula is C10H14N4OS. The zero-order valence-corrected chi connectivity index (χ0v) is 10.1.